The zero-order chi connectivity index (χ0) is 23.8. The minimum Gasteiger partial charge on any atom is -0.388 e. The van der Waals surface area contributed by atoms with Crippen LogP contribution < -0.4 is 11.2 Å². The van der Waals surface area contributed by atoms with Crippen LogP contribution in [0.3, 0.4) is 0 Å². The summed E-state index contributed by atoms with van der Waals surface area (Å²) in [5, 5.41) is 9.19. The Hall–Kier alpha value is -0.700. The van der Waals surface area contributed by atoms with Crippen molar-refractivity contribution >= 4 is 35.1 Å². The summed E-state index contributed by atoms with van der Waals surface area (Å²) in [4.78, 5) is 61.0. The number of aromatic nitrogens is 2. The first-order valence-corrected chi connectivity index (χ1v) is 13.1. The van der Waals surface area contributed by atoms with E-state index in [9.17, 15) is 38.2 Å². The molecule has 6 N–H and O–H groups in total. The van der Waals surface area contributed by atoms with Gasteiger partial charge in [-0.25, -0.2) is 18.5 Å². The van der Waals surface area contributed by atoms with Crippen molar-refractivity contribution in [3.05, 3.63) is 33.1 Å². The monoisotopic (exact) mass is 530 g/mol. The van der Waals surface area contributed by atoms with Crippen molar-refractivity contribution in [1.29, 1.82) is 0 Å². The Morgan fingerprint density at radius 1 is 1.19 bits per heavy atom. The summed E-state index contributed by atoms with van der Waals surface area (Å²) in [5.41, 5.74) is -3.46. The van der Waals surface area contributed by atoms with Crippen LogP contribution in [0, 0.1) is 0 Å². The Morgan fingerprint density at radius 3 is 2.32 bits per heavy atom. The lowest BCUT2D eigenvalue weighted by atomic mass is 9.94. The van der Waals surface area contributed by atoms with Crippen LogP contribution in [-0.4, -0.2) is 57.9 Å². The van der Waals surface area contributed by atoms with E-state index in [-0.39, 0.29) is 6.42 Å². The molecule has 1 aromatic heterocycles. The highest BCUT2D eigenvalue weighted by atomic mass is 35.5. The van der Waals surface area contributed by atoms with E-state index < -0.39 is 64.6 Å². The number of hydrogen-bond acceptors (Lipinski definition) is 10. The highest BCUT2D eigenvalue weighted by Crippen LogP contribution is 2.66. The second-order valence-electron chi connectivity index (χ2n) is 6.20. The van der Waals surface area contributed by atoms with E-state index in [1.54, 1.807) is 0 Å². The number of nitrogens with zero attached hydrogens (tertiary/aromatic N) is 1. The third kappa shape index (κ3) is 6.65. The minimum atomic E-state index is -5.74. The molecule has 0 radical (unpaired) electrons. The number of aromatic amines is 1. The van der Waals surface area contributed by atoms with Gasteiger partial charge in [-0.3, -0.25) is 18.9 Å². The molecular formula is C11H18ClN2O14P3. The van der Waals surface area contributed by atoms with Crippen LogP contribution in [0.25, 0.3) is 0 Å². The fourth-order valence-electron chi connectivity index (χ4n) is 2.67. The molecule has 1 aliphatic rings. The average Bonchev–Trinajstić information content (AvgIpc) is 2.82. The molecule has 1 saturated heterocycles. The second kappa shape index (κ2) is 9.27. The Bertz CT molecular complexity index is 1070. The Morgan fingerprint density at radius 2 is 1.81 bits per heavy atom. The SMILES string of the molecule is CC[C@]1(COP(=O)(O)OP(=O)(O)OP(=O)(O)O)O[C@@H](n2ccc(=O)[nH]c2=O)[C@H](Cl)[C@@H]1O. The van der Waals surface area contributed by atoms with Crippen molar-refractivity contribution in [2.24, 2.45) is 0 Å². The second-order valence-corrected chi connectivity index (χ2v) is 11.1. The van der Waals surface area contributed by atoms with Crippen molar-refractivity contribution in [3.8, 4) is 0 Å². The van der Waals surface area contributed by atoms with Crippen LogP contribution in [0.4, 0.5) is 0 Å². The van der Waals surface area contributed by atoms with Gasteiger partial charge in [0.1, 0.15) is 17.1 Å². The molecule has 0 aromatic carbocycles. The van der Waals surface area contributed by atoms with Gasteiger partial charge in [0.25, 0.3) is 5.56 Å². The van der Waals surface area contributed by atoms with Gasteiger partial charge < -0.3 is 29.4 Å². The highest BCUT2D eigenvalue weighted by molar-refractivity contribution is 7.66. The molecule has 1 aliphatic heterocycles. The number of ether oxygens (including phenoxy) is 1. The van der Waals surface area contributed by atoms with Gasteiger partial charge in [0, 0.05) is 12.3 Å². The van der Waals surface area contributed by atoms with Crippen LogP contribution in [0.2, 0.25) is 0 Å². The van der Waals surface area contributed by atoms with Gasteiger partial charge in [-0.2, -0.15) is 8.62 Å². The van der Waals surface area contributed by atoms with Gasteiger partial charge in [0.15, 0.2) is 6.23 Å². The molecule has 178 valence electrons. The van der Waals surface area contributed by atoms with Gasteiger partial charge in [-0.05, 0) is 6.42 Å². The average molecular weight is 531 g/mol. The predicted molar refractivity (Wildman–Crippen MR) is 99.9 cm³/mol. The maximum Gasteiger partial charge on any atom is 0.490 e. The van der Waals surface area contributed by atoms with Gasteiger partial charge >= 0.3 is 29.2 Å². The lowest BCUT2D eigenvalue weighted by molar-refractivity contribution is -0.128. The lowest BCUT2D eigenvalue weighted by Gasteiger charge is -2.31. The number of phosphoric acid groups is 3. The number of aliphatic hydroxyl groups is 1. The normalized spacial score (nSPS) is 30.6. The van der Waals surface area contributed by atoms with Gasteiger partial charge in [-0.15, -0.1) is 11.6 Å². The summed E-state index contributed by atoms with van der Waals surface area (Å²) in [5.74, 6) is 0. The summed E-state index contributed by atoms with van der Waals surface area (Å²) in [6, 6.07) is 0.985. The molecule has 0 spiro atoms. The molecular weight excluding hydrogens is 512 g/mol. The molecule has 0 amide bonds. The fourth-order valence-corrected chi connectivity index (χ4v) is 6.15. The van der Waals surface area contributed by atoms with E-state index in [0.717, 1.165) is 16.8 Å². The third-order valence-electron chi connectivity index (χ3n) is 4.08. The first-order chi connectivity index (χ1) is 14.0. The van der Waals surface area contributed by atoms with Crippen molar-refractivity contribution in [3.63, 3.8) is 0 Å². The zero-order valence-electron chi connectivity index (χ0n) is 15.4. The molecule has 31 heavy (non-hydrogen) atoms. The van der Waals surface area contributed by atoms with Crippen LogP contribution >= 0.6 is 35.1 Å². The Kier molecular flexibility index (Phi) is 7.94. The summed E-state index contributed by atoms with van der Waals surface area (Å²) in [7, 11) is -16.8. The maximum absolute atomic E-state index is 12.0. The first kappa shape index (κ1) is 26.6. The summed E-state index contributed by atoms with van der Waals surface area (Å²) >= 11 is 6.13. The third-order valence-corrected chi connectivity index (χ3v) is 8.32. The van der Waals surface area contributed by atoms with Crippen molar-refractivity contribution in [1.82, 2.24) is 9.55 Å². The molecule has 0 bridgehead atoms. The number of rotatable bonds is 9. The number of phosphoric ester groups is 1. The number of alkyl halides is 1. The van der Waals surface area contributed by atoms with Crippen LogP contribution in [0.1, 0.15) is 19.6 Å². The van der Waals surface area contributed by atoms with Crippen molar-refractivity contribution in [2.45, 2.75) is 36.7 Å². The number of halogens is 1. The van der Waals surface area contributed by atoms with Crippen LogP contribution in [0.15, 0.2) is 21.9 Å². The molecule has 1 aromatic rings. The van der Waals surface area contributed by atoms with E-state index in [0.29, 0.717) is 0 Å². The van der Waals surface area contributed by atoms with Crippen molar-refractivity contribution in [2.75, 3.05) is 6.61 Å². The molecule has 0 saturated carbocycles. The van der Waals surface area contributed by atoms with E-state index in [1.165, 1.54) is 6.92 Å². The molecule has 2 unspecified atom stereocenters. The van der Waals surface area contributed by atoms with Crippen molar-refractivity contribution < 1.29 is 56.3 Å². The van der Waals surface area contributed by atoms with Gasteiger partial charge in [0.05, 0.1) is 6.61 Å². The van der Waals surface area contributed by atoms with E-state index in [4.69, 9.17) is 26.1 Å². The maximum atomic E-state index is 12.0. The fraction of sp³-hybridized carbons (Fsp3) is 0.636. The topological polar surface area (TPSA) is 244 Å². The molecule has 2 rings (SSSR count). The van der Waals surface area contributed by atoms with E-state index >= 15 is 0 Å². The molecule has 2 heterocycles. The number of H-pyrrole nitrogens is 1. The predicted octanol–water partition coefficient (Wildman–Crippen LogP) is -0.474. The van der Waals surface area contributed by atoms with Gasteiger partial charge in [0.2, 0.25) is 0 Å². The number of aliphatic hydroxyl groups excluding tert-OH is 1. The van der Waals surface area contributed by atoms with E-state index in [1.807, 2.05) is 4.98 Å². The molecule has 6 atom stereocenters. The quantitative estimate of drug-likeness (QED) is 0.174. The minimum absolute atomic E-state index is 0.123. The molecule has 16 nitrogen and oxygen atoms in total. The summed E-state index contributed by atoms with van der Waals surface area (Å²) in [6.45, 7) is 0.470. The first-order valence-electron chi connectivity index (χ1n) is 8.11. The Balaban J connectivity index is 2.21. The largest absolute Gasteiger partial charge is 0.490 e. The standard InChI is InChI=1S/C11H18ClN2O14P3/c1-2-11(5-25-30(21,22)28-31(23,24)27-29(18,19)20)8(16)7(12)9(26-11)14-4-3-6(15)13-10(14)17/h3-4,7-9,16H,2,5H2,1H3,(H,21,22)(H,23,24)(H,13,15,17)(H2,18,19,20)/t7-,8+,9-,11-/m1/s1. The molecule has 1 fully saturated rings. The van der Waals surface area contributed by atoms with Crippen LogP contribution in [-0.2, 0) is 31.6 Å². The zero-order valence-corrected chi connectivity index (χ0v) is 18.8. The summed E-state index contributed by atoms with van der Waals surface area (Å²) < 4.78 is 52.2. The van der Waals surface area contributed by atoms with Crippen LogP contribution in [0.5, 0.6) is 0 Å². The van der Waals surface area contributed by atoms with Gasteiger partial charge in [-0.1, -0.05) is 6.92 Å². The lowest BCUT2D eigenvalue weighted by Crippen LogP contribution is -2.45. The summed E-state index contributed by atoms with van der Waals surface area (Å²) in [6.07, 6.45) is -2.05. The highest BCUT2D eigenvalue weighted by Gasteiger charge is 2.55. The molecule has 0 aliphatic carbocycles. The molecule has 20 heteroatoms. The Labute approximate surface area is 177 Å². The van der Waals surface area contributed by atoms with E-state index in [2.05, 4.69) is 13.1 Å². The smallest absolute Gasteiger partial charge is 0.388 e. The number of hydrogen-bond donors (Lipinski definition) is 6. The number of nitrogens with one attached hydrogen (secondary N) is 1.